The van der Waals surface area contributed by atoms with E-state index in [-0.39, 0.29) is 12.3 Å². The van der Waals surface area contributed by atoms with Crippen LogP contribution < -0.4 is 11.2 Å². The number of carbonyl (C=O) groups is 1. The van der Waals surface area contributed by atoms with Crippen LogP contribution in [0.3, 0.4) is 0 Å². The summed E-state index contributed by atoms with van der Waals surface area (Å²) in [5, 5.41) is 6.12. The van der Waals surface area contributed by atoms with Gasteiger partial charge in [-0.25, -0.2) is 10.4 Å². The molecule has 0 spiro atoms. The van der Waals surface area contributed by atoms with Crippen molar-refractivity contribution >= 4 is 28.6 Å². The number of benzene rings is 1. The maximum absolute atomic E-state index is 11.6. The molecule has 3 N–H and O–H groups in total. The van der Waals surface area contributed by atoms with Crippen molar-refractivity contribution in [2.75, 3.05) is 5.73 Å². The van der Waals surface area contributed by atoms with Crippen molar-refractivity contribution in [3.63, 3.8) is 0 Å². The number of aromatic nitrogens is 1. The van der Waals surface area contributed by atoms with Gasteiger partial charge in [-0.3, -0.25) is 4.79 Å². The highest BCUT2D eigenvalue weighted by Gasteiger charge is 2.05. The summed E-state index contributed by atoms with van der Waals surface area (Å²) in [5.74, 6) is -0.214. The average Bonchev–Trinajstić information content (AvgIpc) is 2.77. The summed E-state index contributed by atoms with van der Waals surface area (Å²) in [6, 6.07) is 7.85. The van der Waals surface area contributed by atoms with Crippen LogP contribution in [0.2, 0.25) is 0 Å². The summed E-state index contributed by atoms with van der Waals surface area (Å²) < 4.78 is 0. The highest BCUT2D eigenvalue weighted by atomic mass is 32.1. The van der Waals surface area contributed by atoms with Gasteiger partial charge in [0, 0.05) is 5.38 Å². The van der Waals surface area contributed by atoms with Crippen molar-refractivity contribution in [3.05, 3.63) is 46.5 Å². The molecule has 0 atom stereocenters. The Labute approximate surface area is 115 Å². The van der Waals surface area contributed by atoms with Crippen molar-refractivity contribution in [2.24, 2.45) is 5.10 Å². The normalized spacial score (nSPS) is 10.8. The third-order valence-electron chi connectivity index (χ3n) is 2.39. The molecule has 0 aliphatic carbocycles. The van der Waals surface area contributed by atoms with E-state index in [1.165, 1.54) is 16.9 Å². The number of hydrazone groups is 1. The maximum atomic E-state index is 11.6. The first kappa shape index (κ1) is 13.2. The number of aryl methyl sites for hydroxylation is 1. The van der Waals surface area contributed by atoms with Crippen LogP contribution in [0.1, 0.15) is 16.8 Å². The second kappa shape index (κ2) is 6.10. The van der Waals surface area contributed by atoms with Crippen LogP contribution >= 0.6 is 11.3 Å². The van der Waals surface area contributed by atoms with Gasteiger partial charge in [-0.2, -0.15) is 5.10 Å². The number of anilines is 1. The molecule has 0 radical (unpaired) electrons. The lowest BCUT2D eigenvalue weighted by molar-refractivity contribution is -0.120. The third kappa shape index (κ3) is 4.18. The minimum absolute atomic E-state index is 0.180. The number of hydrogen-bond donors (Lipinski definition) is 2. The van der Waals surface area contributed by atoms with Crippen molar-refractivity contribution in [2.45, 2.75) is 13.3 Å². The van der Waals surface area contributed by atoms with E-state index < -0.39 is 0 Å². The Hall–Kier alpha value is -2.21. The van der Waals surface area contributed by atoms with Gasteiger partial charge in [-0.1, -0.05) is 29.8 Å². The molecule has 0 saturated carbocycles. The van der Waals surface area contributed by atoms with Crippen LogP contribution in [0.25, 0.3) is 0 Å². The van der Waals surface area contributed by atoms with E-state index in [4.69, 9.17) is 5.73 Å². The molecule has 0 unspecified atom stereocenters. The lowest BCUT2D eigenvalue weighted by Crippen LogP contribution is -2.19. The average molecular weight is 274 g/mol. The summed E-state index contributed by atoms with van der Waals surface area (Å²) in [5.41, 5.74) is 10.7. The fraction of sp³-hybridized carbons (Fsp3) is 0.154. The van der Waals surface area contributed by atoms with Gasteiger partial charge in [-0.15, -0.1) is 11.3 Å². The predicted octanol–water partition coefficient (Wildman–Crippen LogP) is 1.73. The maximum Gasteiger partial charge on any atom is 0.246 e. The molecule has 2 rings (SSSR count). The molecule has 1 amide bonds. The predicted molar refractivity (Wildman–Crippen MR) is 77.1 cm³/mol. The fourth-order valence-electron chi connectivity index (χ4n) is 1.44. The lowest BCUT2D eigenvalue weighted by Gasteiger charge is -1.97. The second-order valence-electron chi connectivity index (χ2n) is 4.06. The highest BCUT2D eigenvalue weighted by molar-refractivity contribution is 7.13. The molecule has 19 heavy (non-hydrogen) atoms. The Morgan fingerprint density at radius 1 is 1.47 bits per heavy atom. The Morgan fingerprint density at radius 3 is 2.84 bits per heavy atom. The van der Waals surface area contributed by atoms with E-state index in [1.54, 1.807) is 11.6 Å². The molecule has 6 heteroatoms. The molecule has 1 aromatic carbocycles. The van der Waals surface area contributed by atoms with Crippen molar-refractivity contribution in [1.82, 2.24) is 10.4 Å². The number of nitrogen functional groups attached to an aromatic ring is 1. The number of hydrogen-bond acceptors (Lipinski definition) is 5. The minimum Gasteiger partial charge on any atom is -0.375 e. The number of nitrogens with one attached hydrogen (secondary N) is 1. The number of carbonyl (C=O) groups excluding carboxylic acids is 1. The molecule has 0 saturated heterocycles. The van der Waals surface area contributed by atoms with Crippen LogP contribution in [0.15, 0.2) is 34.7 Å². The molecule has 2 aromatic rings. The van der Waals surface area contributed by atoms with E-state index in [2.05, 4.69) is 15.5 Å². The number of rotatable bonds is 4. The minimum atomic E-state index is -0.214. The zero-order valence-electron chi connectivity index (χ0n) is 10.5. The summed E-state index contributed by atoms with van der Waals surface area (Å²) in [6.45, 7) is 2.02. The van der Waals surface area contributed by atoms with Gasteiger partial charge < -0.3 is 5.73 Å². The fourth-order valence-corrected chi connectivity index (χ4v) is 2.00. The van der Waals surface area contributed by atoms with Crippen LogP contribution in [-0.2, 0) is 11.2 Å². The van der Waals surface area contributed by atoms with Crippen LogP contribution in [0.4, 0.5) is 5.13 Å². The zero-order chi connectivity index (χ0) is 13.7. The Bertz CT molecular complexity index is 589. The quantitative estimate of drug-likeness (QED) is 0.658. The molecule has 5 nitrogen and oxygen atoms in total. The summed E-state index contributed by atoms with van der Waals surface area (Å²) in [6.07, 6.45) is 1.78. The highest BCUT2D eigenvalue weighted by Crippen LogP contribution is 2.11. The SMILES string of the molecule is Cc1ccc(/C=N/NC(=O)Cc2csc(N)n2)cc1. The van der Waals surface area contributed by atoms with Crippen LogP contribution in [-0.4, -0.2) is 17.1 Å². The number of nitrogens with zero attached hydrogens (tertiary/aromatic N) is 2. The van der Waals surface area contributed by atoms with Crippen molar-refractivity contribution in [3.8, 4) is 0 Å². The Morgan fingerprint density at radius 2 is 2.21 bits per heavy atom. The molecular formula is C13H14N4OS. The number of nitrogens with two attached hydrogens (primary N) is 1. The molecule has 0 bridgehead atoms. The number of thiazole rings is 1. The molecular weight excluding hydrogens is 260 g/mol. The first-order valence-corrected chi connectivity index (χ1v) is 6.60. The first-order valence-electron chi connectivity index (χ1n) is 5.72. The van der Waals surface area contributed by atoms with Gasteiger partial charge in [0.1, 0.15) is 0 Å². The van der Waals surface area contributed by atoms with Gasteiger partial charge in [0.2, 0.25) is 5.91 Å². The Balaban J connectivity index is 1.84. The molecule has 98 valence electrons. The smallest absolute Gasteiger partial charge is 0.246 e. The molecule has 1 heterocycles. The van der Waals surface area contributed by atoms with Gasteiger partial charge in [0.25, 0.3) is 0 Å². The van der Waals surface area contributed by atoms with Gasteiger partial charge in [-0.05, 0) is 12.5 Å². The number of amides is 1. The van der Waals surface area contributed by atoms with E-state index in [1.807, 2.05) is 31.2 Å². The van der Waals surface area contributed by atoms with E-state index in [0.717, 1.165) is 5.56 Å². The summed E-state index contributed by atoms with van der Waals surface area (Å²) >= 11 is 1.32. The first-order chi connectivity index (χ1) is 9.13. The molecule has 0 fully saturated rings. The van der Waals surface area contributed by atoms with E-state index in [9.17, 15) is 4.79 Å². The largest absolute Gasteiger partial charge is 0.375 e. The zero-order valence-corrected chi connectivity index (χ0v) is 11.3. The van der Waals surface area contributed by atoms with Crippen molar-refractivity contribution < 1.29 is 4.79 Å². The van der Waals surface area contributed by atoms with Crippen molar-refractivity contribution in [1.29, 1.82) is 0 Å². The summed E-state index contributed by atoms with van der Waals surface area (Å²) in [7, 11) is 0. The Kier molecular flexibility index (Phi) is 4.25. The second-order valence-corrected chi connectivity index (χ2v) is 4.95. The monoisotopic (exact) mass is 274 g/mol. The molecule has 1 aromatic heterocycles. The third-order valence-corrected chi connectivity index (χ3v) is 3.11. The van der Waals surface area contributed by atoms with E-state index in [0.29, 0.717) is 10.8 Å². The van der Waals surface area contributed by atoms with Gasteiger partial charge in [0.05, 0.1) is 18.3 Å². The van der Waals surface area contributed by atoms with Crippen LogP contribution in [0.5, 0.6) is 0 Å². The molecule has 0 aliphatic rings. The summed E-state index contributed by atoms with van der Waals surface area (Å²) in [4.78, 5) is 15.6. The van der Waals surface area contributed by atoms with E-state index >= 15 is 0 Å². The lowest BCUT2D eigenvalue weighted by atomic mass is 10.2. The topological polar surface area (TPSA) is 80.4 Å². The van der Waals surface area contributed by atoms with Crippen LogP contribution in [0, 0.1) is 6.92 Å². The van der Waals surface area contributed by atoms with Gasteiger partial charge in [0.15, 0.2) is 5.13 Å². The van der Waals surface area contributed by atoms with Gasteiger partial charge >= 0.3 is 0 Å². The standard InChI is InChI=1S/C13H14N4OS/c1-9-2-4-10(5-3-9)7-15-17-12(18)6-11-8-19-13(14)16-11/h2-5,7-8H,6H2,1H3,(H2,14,16)(H,17,18)/b15-7+. The molecule has 0 aliphatic heterocycles.